The Balaban J connectivity index is 2.13. The van der Waals surface area contributed by atoms with Gasteiger partial charge in [0.1, 0.15) is 12.4 Å². The smallest absolute Gasteiger partial charge is 0.355 e. The van der Waals surface area contributed by atoms with Crippen molar-refractivity contribution in [1.82, 2.24) is 4.57 Å². The lowest BCUT2D eigenvalue weighted by Gasteiger charge is -2.12. The predicted octanol–water partition coefficient (Wildman–Crippen LogP) is 2.82. The van der Waals surface area contributed by atoms with Crippen molar-refractivity contribution in [2.24, 2.45) is 0 Å². The summed E-state index contributed by atoms with van der Waals surface area (Å²) in [5, 5.41) is 0.467. The maximum atomic E-state index is 12.5. The molecule has 138 valence electrons. The summed E-state index contributed by atoms with van der Waals surface area (Å²) in [5.41, 5.74) is 1.08. The van der Waals surface area contributed by atoms with Crippen molar-refractivity contribution in [1.29, 1.82) is 0 Å². The number of furan rings is 1. The fraction of sp³-hybridized carbons (Fsp3) is 0.235. The Morgan fingerprint density at radius 3 is 2.73 bits per heavy atom. The average Bonchev–Trinajstić information content (AvgIpc) is 3.24. The highest BCUT2D eigenvalue weighted by molar-refractivity contribution is 7.92. The van der Waals surface area contributed by atoms with Gasteiger partial charge in [-0.05, 0) is 31.2 Å². The number of aromatic nitrogens is 1. The number of hydrogen-bond acceptors (Lipinski definition) is 6. The van der Waals surface area contributed by atoms with Crippen LogP contribution in [0.1, 0.15) is 17.4 Å². The van der Waals surface area contributed by atoms with Crippen LogP contribution in [0.25, 0.3) is 10.9 Å². The number of carbonyl (C=O) groups is 1. The van der Waals surface area contributed by atoms with Crippen molar-refractivity contribution in [2.75, 3.05) is 18.4 Å². The van der Waals surface area contributed by atoms with Crippen LogP contribution in [0.5, 0.6) is 0 Å². The first-order valence-electron chi connectivity index (χ1n) is 7.82. The zero-order chi connectivity index (χ0) is 18.7. The Morgan fingerprint density at radius 1 is 1.27 bits per heavy atom. The van der Waals surface area contributed by atoms with Gasteiger partial charge in [-0.15, -0.1) is 0 Å². The molecular formula is C17H18N2O6S. The third-order valence-corrected chi connectivity index (χ3v) is 4.92. The summed E-state index contributed by atoms with van der Waals surface area (Å²) in [7, 11) is -2.42. The number of carbonyl (C=O) groups excluding carboxylic acids is 1. The number of nitrogens with zero attached hydrogens (tertiary/aromatic N) is 1. The van der Waals surface area contributed by atoms with E-state index in [1.54, 1.807) is 35.8 Å². The molecule has 0 fully saturated rings. The number of rotatable bonds is 7. The van der Waals surface area contributed by atoms with Gasteiger partial charge in [0, 0.05) is 12.5 Å². The van der Waals surface area contributed by atoms with Crippen LogP contribution in [0.2, 0.25) is 0 Å². The molecule has 0 aliphatic rings. The Bertz CT molecular complexity index is 1020. The molecule has 0 saturated carbocycles. The number of fused-ring (bicyclic) bond motifs is 1. The van der Waals surface area contributed by atoms with Crippen LogP contribution >= 0.6 is 0 Å². The zero-order valence-electron chi connectivity index (χ0n) is 14.3. The molecule has 0 spiro atoms. The van der Waals surface area contributed by atoms with Crippen molar-refractivity contribution < 1.29 is 27.1 Å². The summed E-state index contributed by atoms with van der Waals surface area (Å²) in [4.78, 5) is 12.2. The molecule has 0 aliphatic carbocycles. The van der Waals surface area contributed by atoms with Gasteiger partial charge in [0.25, 0.3) is 10.0 Å². The molecule has 0 atom stereocenters. The Labute approximate surface area is 150 Å². The van der Waals surface area contributed by atoms with Crippen molar-refractivity contribution in [3.63, 3.8) is 0 Å². The van der Waals surface area contributed by atoms with E-state index in [4.69, 9.17) is 13.9 Å². The third-order valence-electron chi connectivity index (χ3n) is 3.67. The molecule has 0 bridgehead atoms. The van der Waals surface area contributed by atoms with E-state index < -0.39 is 16.0 Å². The number of benzene rings is 1. The van der Waals surface area contributed by atoms with E-state index in [1.165, 1.54) is 25.5 Å². The maximum Gasteiger partial charge on any atom is 0.355 e. The summed E-state index contributed by atoms with van der Waals surface area (Å²) in [6.45, 7) is 1.99. The van der Waals surface area contributed by atoms with E-state index in [9.17, 15) is 13.2 Å². The molecule has 1 N–H and O–H groups in total. The minimum Gasteiger partial charge on any atom is -0.461 e. The van der Waals surface area contributed by atoms with Gasteiger partial charge < -0.3 is 18.5 Å². The number of anilines is 1. The molecule has 0 saturated heterocycles. The number of para-hydroxylation sites is 1. The molecule has 0 aliphatic heterocycles. The van der Waals surface area contributed by atoms with Gasteiger partial charge in [-0.3, -0.25) is 4.72 Å². The fourth-order valence-corrected chi connectivity index (χ4v) is 3.65. The summed E-state index contributed by atoms with van der Waals surface area (Å²) in [6, 6.07) is 9.53. The molecular weight excluding hydrogens is 360 g/mol. The van der Waals surface area contributed by atoms with Crippen LogP contribution in [0.4, 0.5) is 5.69 Å². The van der Waals surface area contributed by atoms with Crippen LogP contribution in [-0.2, 0) is 26.2 Å². The quantitative estimate of drug-likeness (QED) is 0.635. The van der Waals surface area contributed by atoms with Gasteiger partial charge in [0.05, 0.1) is 24.1 Å². The van der Waals surface area contributed by atoms with Crippen molar-refractivity contribution in [3.05, 3.63) is 48.4 Å². The lowest BCUT2D eigenvalue weighted by atomic mass is 10.2. The molecule has 1 aromatic carbocycles. The summed E-state index contributed by atoms with van der Waals surface area (Å²) in [6.07, 6.45) is 1.28. The first kappa shape index (κ1) is 18.0. The van der Waals surface area contributed by atoms with Gasteiger partial charge in [-0.1, -0.05) is 12.1 Å². The first-order chi connectivity index (χ1) is 12.5. The molecule has 2 aromatic heterocycles. The van der Waals surface area contributed by atoms with Crippen LogP contribution in [0.3, 0.4) is 0 Å². The normalized spacial score (nSPS) is 11.6. The van der Waals surface area contributed by atoms with Gasteiger partial charge in [0.15, 0.2) is 0 Å². The van der Waals surface area contributed by atoms with Crippen molar-refractivity contribution in [3.8, 4) is 0 Å². The van der Waals surface area contributed by atoms with Crippen molar-refractivity contribution >= 4 is 32.6 Å². The maximum absolute atomic E-state index is 12.5. The van der Waals surface area contributed by atoms with Crippen LogP contribution in [0, 0.1) is 0 Å². The largest absolute Gasteiger partial charge is 0.461 e. The third kappa shape index (κ3) is 3.31. The second-order valence-corrected chi connectivity index (χ2v) is 6.99. The number of hydrogen-bond donors (Lipinski definition) is 1. The van der Waals surface area contributed by atoms with Gasteiger partial charge in [0.2, 0.25) is 5.09 Å². The molecule has 2 heterocycles. The standard InChI is InChI=1S/C17H18N2O6S/c1-3-24-17(20)14-10-12-6-4-7-13(16(12)19(14)11-23-2)18-26(21,22)15-8-5-9-25-15/h4-10,18H,3,11H2,1-2H3. The van der Waals surface area contributed by atoms with Crippen molar-refractivity contribution in [2.45, 2.75) is 18.7 Å². The highest BCUT2D eigenvalue weighted by Crippen LogP contribution is 2.29. The molecule has 9 heteroatoms. The highest BCUT2D eigenvalue weighted by atomic mass is 32.2. The molecule has 3 rings (SSSR count). The summed E-state index contributed by atoms with van der Waals surface area (Å²) in [5.74, 6) is -0.513. The van der Waals surface area contributed by atoms with E-state index in [-0.39, 0.29) is 24.1 Å². The lowest BCUT2D eigenvalue weighted by Crippen LogP contribution is -2.15. The number of esters is 1. The number of nitrogens with one attached hydrogen (secondary N) is 1. The molecule has 0 radical (unpaired) electrons. The number of sulfonamides is 1. The first-order valence-corrected chi connectivity index (χ1v) is 9.31. The predicted molar refractivity (Wildman–Crippen MR) is 94.4 cm³/mol. The Morgan fingerprint density at radius 2 is 2.08 bits per heavy atom. The van der Waals surface area contributed by atoms with E-state index >= 15 is 0 Å². The minimum absolute atomic E-state index is 0.0527. The second-order valence-electron chi connectivity index (χ2n) is 5.38. The van der Waals surface area contributed by atoms with E-state index in [0.717, 1.165) is 0 Å². The highest BCUT2D eigenvalue weighted by Gasteiger charge is 2.22. The van der Waals surface area contributed by atoms with E-state index in [1.807, 2.05) is 0 Å². The monoisotopic (exact) mass is 378 g/mol. The zero-order valence-corrected chi connectivity index (χ0v) is 15.1. The molecule has 0 unspecified atom stereocenters. The lowest BCUT2D eigenvalue weighted by molar-refractivity contribution is 0.0496. The summed E-state index contributed by atoms with van der Waals surface area (Å²) >= 11 is 0. The Hall–Kier alpha value is -2.78. The topological polar surface area (TPSA) is 99.8 Å². The van der Waals surface area contributed by atoms with Crippen LogP contribution in [0.15, 0.2) is 52.2 Å². The van der Waals surface area contributed by atoms with Gasteiger partial charge in [-0.2, -0.15) is 8.42 Å². The molecule has 3 aromatic rings. The Kier molecular flexibility index (Phi) is 5.01. The average molecular weight is 378 g/mol. The molecule has 26 heavy (non-hydrogen) atoms. The SMILES string of the molecule is CCOC(=O)c1cc2cccc(NS(=O)(=O)c3ccco3)c2n1COC. The van der Waals surface area contributed by atoms with E-state index in [2.05, 4.69) is 4.72 Å². The van der Waals surface area contributed by atoms with Gasteiger partial charge in [-0.25, -0.2) is 4.79 Å². The van der Waals surface area contributed by atoms with Crippen LogP contribution in [-0.4, -0.2) is 32.7 Å². The van der Waals surface area contributed by atoms with Crippen LogP contribution < -0.4 is 4.72 Å². The van der Waals surface area contributed by atoms with E-state index in [0.29, 0.717) is 16.6 Å². The minimum atomic E-state index is -3.90. The van der Waals surface area contributed by atoms with Gasteiger partial charge >= 0.3 is 5.97 Å². The summed E-state index contributed by atoms with van der Waals surface area (Å²) < 4.78 is 44.3. The molecule has 0 amide bonds. The number of methoxy groups -OCH3 is 1. The second kappa shape index (κ2) is 7.22. The molecule has 8 nitrogen and oxygen atoms in total. The number of ether oxygens (including phenoxy) is 2. The fourth-order valence-electron chi connectivity index (χ4n) is 2.66.